The van der Waals surface area contributed by atoms with E-state index in [1.54, 1.807) is 0 Å². The number of hydrogen-bond acceptors (Lipinski definition) is 2. The Hall–Kier alpha value is -0.570. The normalized spacial score (nSPS) is 9.25. The van der Waals surface area contributed by atoms with Gasteiger partial charge in [0.1, 0.15) is 0 Å². The lowest BCUT2D eigenvalue weighted by molar-refractivity contribution is 0.123. The molecule has 0 saturated carbocycles. The van der Waals surface area contributed by atoms with Crippen molar-refractivity contribution in [3.63, 3.8) is 0 Å². The summed E-state index contributed by atoms with van der Waals surface area (Å²) in [5.74, 6) is 4.98. The third kappa shape index (κ3) is 2.81. The molecule has 0 aliphatic carbocycles. The molecule has 0 aromatic heterocycles. The minimum atomic E-state index is 0. The third-order valence-electron chi connectivity index (χ3n) is 1.74. The Morgan fingerprint density at radius 3 is 2.58 bits per heavy atom. The van der Waals surface area contributed by atoms with Crippen LogP contribution in [0.5, 0.6) is 0 Å². The van der Waals surface area contributed by atoms with Crippen LogP contribution >= 0.6 is 12.4 Å². The summed E-state index contributed by atoms with van der Waals surface area (Å²) in [6, 6.07) is 6.24. The van der Waals surface area contributed by atoms with Gasteiger partial charge in [-0.25, -0.2) is 5.90 Å². The van der Waals surface area contributed by atoms with Crippen molar-refractivity contribution in [1.82, 2.24) is 0 Å². The molecule has 1 aromatic carbocycles. The minimum Gasteiger partial charge on any atom is -0.300 e. The second kappa shape index (κ2) is 5.14. The maximum absolute atomic E-state index is 4.98. The monoisotopic (exact) mass is 187 g/mol. The fraction of sp³-hybridized carbons (Fsp3) is 0.333. The molecule has 2 nitrogen and oxygen atoms in total. The zero-order valence-corrected chi connectivity index (χ0v) is 8.15. The van der Waals surface area contributed by atoms with E-state index in [4.69, 9.17) is 5.90 Å². The van der Waals surface area contributed by atoms with E-state index in [9.17, 15) is 0 Å². The van der Waals surface area contributed by atoms with Crippen molar-refractivity contribution in [3.05, 3.63) is 34.9 Å². The molecule has 0 aliphatic heterocycles. The highest BCUT2D eigenvalue weighted by Gasteiger charge is 1.96. The van der Waals surface area contributed by atoms with E-state index < -0.39 is 0 Å². The molecule has 0 amide bonds. The van der Waals surface area contributed by atoms with Crippen LogP contribution in [0.4, 0.5) is 0 Å². The van der Waals surface area contributed by atoms with Crippen LogP contribution in [-0.4, -0.2) is 0 Å². The summed E-state index contributed by atoms with van der Waals surface area (Å²) in [5, 5.41) is 0. The van der Waals surface area contributed by atoms with E-state index in [0.29, 0.717) is 6.61 Å². The molecule has 0 heterocycles. The Kier molecular flexibility index (Phi) is 4.90. The van der Waals surface area contributed by atoms with E-state index in [-0.39, 0.29) is 12.4 Å². The van der Waals surface area contributed by atoms with E-state index in [0.717, 1.165) is 5.56 Å². The Labute approximate surface area is 79.1 Å². The lowest BCUT2D eigenvalue weighted by Crippen LogP contribution is -2.00. The molecule has 0 atom stereocenters. The van der Waals surface area contributed by atoms with Gasteiger partial charge in [-0.2, -0.15) is 0 Å². The van der Waals surface area contributed by atoms with Crippen LogP contribution in [0.3, 0.4) is 0 Å². The molecule has 3 heteroatoms. The van der Waals surface area contributed by atoms with Crippen molar-refractivity contribution < 1.29 is 4.84 Å². The van der Waals surface area contributed by atoms with Gasteiger partial charge in [-0.3, -0.25) is 4.84 Å². The predicted octanol–water partition coefficient (Wildman–Crippen LogP) is 2.12. The van der Waals surface area contributed by atoms with E-state index in [1.807, 2.05) is 6.92 Å². The zero-order valence-electron chi connectivity index (χ0n) is 7.33. The SMILES string of the molecule is Cc1ccc(C)c(CON)c1.Cl. The topological polar surface area (TPSA) is 35.2 Å². The van der Waals surface area contributed by atoms with Gasteiger partial charge in [-0.1, -0.05) is 23.8 Å². The number of halogens is 1. The molecule has 0 bridgehead atoms. The highest BCUT2D eigenvalue weighted by molar-refractivity contribution is 5.85. The molecule has 12 heavy (non-hydrogen) atoms. The van der Waals surface area contributed by atoms with Gasteiger partial charge < -0.3 is 0 Å². The highest BCUT2D eigenvalue weighted by atomic mass is 35.5. The second-order valence-corrected chi connectivity index (χ2v) is 2.74. The van der Waals surface area contributed by atoms with E-state index >= 15 is 0 Å². The molecule has 0 aliphatic rings. The maximum atomic E-state index is 4.98. The van der Waals surface area contributed by atoms with Crippen LogP contribution in [-0.2, 0) is 11.4 Å². The van der Waals surface area contributed by atoms with Crippen molar-refractivity contribution in [3.8, 4) is 0 Å². The molecule has 0 radical (unpaired) electrons. The van der Waals surface area contributed by atoms with E-state index in [2.05, 4.69) is 30.0 Å². The first kappa shape index (κ1) is 11.4. The standard InChI is InChI=1S/C9H13NO.ClH/c1-7-3-4-8(2)9(5-7)6-11-10;/h3-5H,6,10H2,1-2H3;1H. The fourth-order valence-corrected chi connectivity index (χ4v) is 1.05. The van der Waals surface area contributed by atoms with Crippen molar-refractivity contribution in [1.29, 1.82) is 0 Å². The van der Waals surface area contributed by atoms with Gasteiger partial charge in [0, 0.05) is 0 Å². The smallest absolute Gasteiger partial charge is 0.0932 e. The first-order valence-electron chi connectivity index (χ1n) is 3.62. The molecule has 1 aromatic rings. The number of benzene rings is 1. The summed E-state index contributed by atoms with van der Waals surface area (Å²) in [5.41, 5.74) is 3.62. The minimum absolute atomic E-state index is 0. The van der Waals surface area contributed by atoms with Crippen LogP contribution in [0.1, 0.15) is 16.7 Å². The Bertz CT molecular complexity index is 250. The Balaban J connectivity index is 0.00000121. The van der Waals surface area contributed by atoms with Gasteiger partial charge in [-0.15, -0.1) is 12.4 Å². The molecule has 0 saturated heterocycles. The molecule has 1 rings (SSSR count). The molecule has 0 unspecified atom stereocenters. The van der Waals surface area contributed by atoms with Crippen molar-refractivity contribution in [2.45, 2.75) is 20.5 Å². The van der Waals surface area contributed by atoms with Crippen LogP contribution in [0.2, 0.25) is 0 Å². The first-order chi connectivity index (χ1) is 5.24. The van der Waals surface area contributed by atoms with Gasteiger partial charge in [0.05, 0.1) is 6.61 Å². The second-order valence-electron chi connectivity index (χ2n) is 2.74. The van der Waals surface area contributed by atoms with Crippen LogP contribution in [0.15, 0.2) is 18.2 Å². The average molecular weight is 188 g/mol. The predicted molar refractivity (Wildman–Crippen MR) is 52.1 cm³/mol. The number of hydrogen-bond donors (Lipinski definition) is 1. The zero-order chi connectivity index (χ0) is 8.27. The van der Waals surface area contributed by atoms with Gasteiger partial charge in [0.2, 0.25) is 0 Å². The number of aryl methyl sites for hydroxylation is 2. The molecular formula is C9H14ClNO. The number of rotatable bonds is 2. The average Bonchev–Trinajstić information content (AvgIpc) is 1.98. The summed E-state index contributed by atoms with van der Waals surface area (Å²) in [7, 11) is 0. The largest absolute Gasteiger partial charge is 0.300 e. The van der Waals surface area contributed by atoms with Gasteiger partial charge >= 0.3 is 0 Å². The molecule has 68 valence electrons. The van der Waals surface area contributed by atoms with Crippen LogP contribution < -0.4 is 5.90 Å². The third-order valence-corrected chi connectivity index (χ3v) is 1.74. The van der Waals surface area contributed by atoms with E-state index in [1.165, 1.54) is 11.1 Å². The maximum Gasteiger partial charge on any atom is 0.0932 e. The molecule has 2 N–H and O–H groups in total. The van der Waals surface area contributed by atoms with Crippen LogP contribution in [0.25, 0.3) is 0 Å². The van der Waals surface area contributed by atoms with Crippen molar-refractivity contribution in [2.24, 2.45) is 5.90 Å². The molecular weight excluding hydrogens is 174 g/mol. The summed E-state index contributed by atoms with van der Waals surface area (Å²) in [4.78, 5) is 4.56. The highest BCUT2D eigenvalue weighted by Crippen LogP contribution is 2.10. The quantitative estimate of drug-likeness (QED) is 0.720. The lowest BCUT2D eigenvalue weighted by Gasteiger charge is -2.04. The summed E-state index contributed by atoms with van der Waals surface area (Å²) in [6.07, 6.45) is 0. The van der Waals surface area contributed by atoms with Gasteiger partial charge in [-0.05, 0) is 25.0 Å². The summed E-state index contributed by atoms with van der Waals surface area (Å²) in [6.45, 7) is 4.60. The first-order valence-corrected chi connectivity index (χ1v) is 3.62. The molecule has 0 fully saturated rings. The van der Waals surface area contributed by atoms with Crippen molar-refractivity contribution >= 4 is 12.4 Å². The van der Waals surface area contributed by atoms with Gasteiger partial charge in [0.25, 0.3) is 0 Å². The van der Waals surface area contributed by atoms with Crippen molar-refractivity contribution in [2.75, 3.05) is 0 Å². The summed E-state index contributed by atoms with van der Waals surface area (Å²) < 4.78 is 0. The molecule has 0 spiro atoms. The van der Waals surface area contributed by atoms with Gasteiger partial charge in [0.15, 0.2) is 0 Å². The Morgan fingerprint density at radius 1 is 1.33 bits per heavy atom. The van der Waals surface area contributed by atoms with Crippen LogP contribution in [0, 0.1) is 13.8 Å². The Morgan fingerprint density at radius 2 is 2.00 bits per heavy atom. The fourth-order valence-electron chi connectivity index (χ4n) is 1.05. The number of nitrogens with two attached hydrogens (primary N) is 1. The summed E-state index contributed by atoms with van der Waals surface area (Å²) >= 11 is 0. The lowest BCUT2D eigenvalue weighted by atomic mass is 10.1.